The van der Waals surface area contributed by atoms with E-state index in [2.05, 4.69) is 25.7 Å². The van der Waals surface area contributed by atoms with E-state index in [9.17, 15) is 4.79 Å². The number of carbonyl (C=O) groups is 1. The molecule has 1 aliphatic rings. The van der Waals surface area contributed by atoms with E-state index in [1.54, 1.807) is 17.3 Å². The van der Waals surface area contributed by atoms with E-state index in [1.165, 1.54) is 0 Å². The Morgan fingerprint density at radius 3 is 2.58 bits per heavy atom. The molecular formula is C17H25N7O2. The summed E-state index contributed by atoms with van der Waals surface area (Å²) in [6.45, 7) is 4.58. The van der Waals surface area contributed by atoms with Gasteiger partial charge in [0.1, 0.15) is 6.10 Å². The Kier molecular flexibility index (Phi) is 5.08. The molecule has 3 heterocycles. The van der Waals surface area contributed by atoms with Gasteiger partial charge in [-0.2, -0.15) is 5.10 Å². The number of aromatic nitrogens is 4. The molecule has 0 bridgehead atoms. The number of hydrogen-bond acceptors (Lipinski definition) is 6. The zero-order chi connectivity index (χ0) is 18.8. The van der Waals surface area contributed by atoms with Gasteiger partial charge in [0, 0.05) is 39.0 Å². The first-order chi connectivity index (χ1) is 12.4. The van der Waals surface area contributed by atoms with Crippen molar-refractivity contribution >= 4 is 17.7 Å². The van der Waals surface area contributed by atoms with Gasteiger partial charge in [0.2, 0.25) is 5.95 Å². The topological polar surface area (TPSA) is 97.2 Å². The van der Waals surface area contributed by atoms with E-state index in [-0.39, 0.29) is 18.2 Å². The Morgan fingerprint density at radius 2 is 2.00 bits per heavy atom. The molecule has 0 spiro atoms. The largest absolute Gasteiger partial charge is 0.371 e. The number of carbonyl (C=O) groups excluding carboxylic acids is 1. The number of nitrogens with zero attached hydrogens (tertiary/aromatic N) is 5. The zero-order valence-electron chi connectivity index (χ0n) is 15.8. The van der Waals surface area contributed by atoms with E-state index in [0.29, 0.717) is 18.2 Å². The minimum Gasteiger partial charge on any atom is -0.371 e. The molecule has 140 valence electrons. The molecule has 9 nitrogen and oxygen atoms in total. The van der Waals surface area contributed by atoms with E-state index < -0.39 is 0 Å². The minimum atomic E-state index is -0.300. The van der Waals surface area contributed by atoms with Crippen LogP contribution in [0.1, 0.15) is 29.5 Å². The van der Waals surface area contributed by atoms with Crippen molar-refractivity contribution in [1.29, 1.82) is 0 Å². The lowest BCUT2D eigenvalue weighted by molar-refractivity contribution is 0.0993. The van der Waals surface area contributed by atoms with E-state index >= 15 is 0 Å². The first kappa shape index (κ1) is 18.1. The molecule has 0 unspecified atom stereocenters. The van der Waals surface area contributed by atoms with Gasteiger partial charge in [0.25, 0.3) is 0 Å². The lowest BCUT2D eigenvalue weighted by atomic mass is 10.0. The summed E-state index contributed by atoms with van der Waals surface area (Å²) in [6, 6.07) is -0.413. The van der Waals surface area contributed by atoms with Crippen LogP contribution in [0, 0.1) is 13.8 Å². The van der Waals surface area contributed by atoms with Crippen LogP contribution in [-0.4, -0.2) is 52.5 Å². The highest BCUT2D eigenvalue weighted by molar-refractivity contribution is 5.89. The maximum absolute atomic E-state index is 12.4. The third kappa shape index (κ3) is 3.62. The zero-order valence-corrected chi connectivity index (χ0v) is 15.8. The standard InChI is InChI=1S/C17H25N7O2/c1-10-14(11(2)24(5)22-10)15-13(6-7-26-15)21-17(25)20-12-8-18-16(19-9-12)23(3)4/h8-9,13,15H,6-7H2,1-5H3,(H2,20,21,25)/t13-,15-/m0/s1. The van der Waals surface area contributed by atoms with E-state index in [4.69, 9.17) is 4.74 Å². The smallest absolute Gasteiger partial charge is 0.319 e. The normalized spacial score (nSPS) is 19.4. The molecule has 3 rings (SSSR count). The lowest BCUT2D eigenvalue weighted by Crippen LogP contribution is -2.39. The average Bonchev–Trinajstić information content (AvgIpc) is 3.12. The quantitative estimate of drug-likeness (QED) is 0.860. The second-order valence-corrected chi connectivity index (χ2v) is 6.66. The highest BCUT2D eigenvalue weighted by atomic mass is 16.5. The molecule has 2 aromatic rings. The molecule has 9 heteroatoms. The van der Waals surface area contributed by atoms with Crippen LogP contribution in [-0.2, 0) is 11.8 Å². The van der Waals surface area contributed by atoms with Crippen molar-refractivity contribution in [2.75, 3.05) is 30.9 Å². The highest BCUT2D eigenvalue weighted by Gasteiger charge is 2.34. The maximum Gasteiger partial charge on any atom is 0.319 e. The van der Waals surface area contributed by atoms with Crippen LogP contribution in [0.2, 0.25) is 0 Å². The Bertz CT molecular complexity index is 785. The molecule has 2 atom stereocenters. The summed E-state index contributed by atoms with van der Waals surface area (Å²) < 4.78 is 7.73. The fourth-order valence-corrected chi connectivity index (χ4v) is 3.18. The van der Waals surface area contributed by atoms with Gasteiger partial charge in [-0.05, 0) is 20.3 Å². The number of amides is 2. The molecule has 1 saturated heterocycles. The Balaban J connectivity index is 1.66. The summed E-state index contributed by atoms with van der Waals surface area (Å²) >= 11 is 0. The summed E-state index contributed by atoms with van der Waals surface area (Å²) in [6.07, 6.45) is 3.73. The first-order valence-corrected chi connectivity index (χ1v) is 8.55. The van der Waals surface area contributed by atoms with Crippen molar-refractivity contribution in [2.24, 2.45) is 7.05 Å². The Labute approximate surface area is 152 Å². The fraction of sp³-hybridized carbons (Fsp3) is 0.529. The number of rotatable bonds is 4. The van der Waals surface area contributed by atoms with Crippen molar-refractivity contribution in [3.05, 3.63) is 29.3 Å². The molecule has 0 aliphatic carbocycles. The molecular weight excluding hydrogens is 334 g/mol. The van der Waals surface area contributed by atoms with Crippen LogP contribution < -0.4 is 15.5 Å². The first-order valence-electron chi connectivity index (χ1n) is 8.55. The molecule has 26 heavy (non-hydrogen) atoms. The van der Waals surface area contributed by atoms with Crippen molar-refractivity contribution in [3.8, 4) is 0 Å². The van der Waals surface area contributed by atoms with Crippen LogP contribution in [0.3, 0.4) is 0 Å². The van der Waals surface area contributed by atoms with Gasteiger partial charge in [-0.3, -0.25) is 4.68 Å². The number of anilines is 2. The lowest BCUT2D eigenvalue weighted by Gasteiger charge is -2.21. The monoisotopic (exact) mass is 359 g/mol. The number of urea groups is 1. The molecule has 0 radical (unpaired) electrons. The molecule has 0 saturated carbocycles. The maximum atomic E-state index is 12.4. The van der Waals surface area contributed by atoms with Crippen LogP contribution in [0.4, 0.5) is 16.4 Å². The predicted octanol–water partition coefficient (Wildman–Crippen LogP) is 1.54. The van der Waals surface area contributed by atoms with E-state index in [0.717, 1.165) is 23.4 Å². The summed E-state index contributed by atoms with van der Waals surface area (Å²) in [5.41, 5.74) is 3.57. The number of aryl methyl sites for hydroxylation is 2. The van der Waals surface area contributed by atoms with Gasteiger partial charge < -0.3 is 20.3 Å². The van der Waals surface area contributed by atoms with Gasteiger partial charge in [-0.25, -0.2) is 14.8 Å². The number of hydrogen-bond donors (Lipinski definition) is 2. The third-order valence-corrected chi connectivity index (χ3v) is 4.55. The van der Waals surface area contributed by atoms with Crippen molar-refractivity contribution in [1.82, 2.24) is 25.1 Å². The molecule has 2 amide bonds. The van der Waals surface area contributed by atoms with Gasteiger partial charge in [-0.15, -0.1) is 0 Å². The average molecular weight is 359 g/mol. The van der Waals surface area contributed by atoms with Crippen molar-refractivity contribution < 1.29 is 9.53 Å². The van der Waals surface area contributed by atoms with Gasteiger partial charge in [0.15, 0.2) is 0 Å². The Morgan fingerprint density at radius 1 is 1.31 bits per heavy atom. The summed E-state index contributed by atoms with van der Waals surface area (Å²) in [5, 5.41) is 10.2. The molecule has 1 fully saturated rings. The number of ether oxygens (including phenoxy) is 1. The van der Waals surface area contributed by atoms with Crippen LogP contribution in [0.15, 0.2) is 12.4 Å². The minimum absolute atomic E-state index is 0.112. The second kappa shape index (κ2) is 7.28. The summed E-state index contributed by atoms with van der Waals surface area (Å²) in [7, 11) is 5.63. The van der Waals surface area contributed by atoms with Gasteiger partial charge in [0.05, 0.1) is 29.8 Å². The highest BCUT2D eigenvalue weighted by Crippen LogP contribution is 2.33. The number of nitrogens with one attached hydrogen (secondary N) is 2. The second-order valence-electron chi connectivity index (χ2n) is 6.66. The van der Waals surface area contributed by atoms with Crippen molar-refractivity contribution in [3.63, 3.8) is 0 Å². The summed E-state index contributed by atoms with van der Waals surface area (Å²) in [4.78, 5) is 22.5. The van der Waals surface area contributed by atoms with Crippen molar-refractivity contribution in [2.45, 2.75) is 32.4 Å². The summed E-state index contributed by atoms with van der Waals surface area (Å²) in [5.74, 6) is 0.586. The SMILES string of the molecule is Cc1nn(C)c(C)c1[C@H]1OCC[C@@H]1NC(=O)Nc1cnc(N(C)C)nc1. The third-order valence-electron chi connectivity index (χ3n) is 4.55. The fourth-order valence-electron chi connectivity index (χ4n) is 3.18. The van der Waals surface area contributed by atoms with Crippen LogP contribution in [0.5, 0.6) is 0 Å². The molecule has 1 aliphatic heterocycles. The van der Waals surface area contributed by atoms with Crippen LogP contribution >= 0.6 is 0 Å². The molecule has 2 aromatic heterocycles. The molecule has 0 aromatic carbocycles. The van der Waals surface area contributed by atoms with Gasteiger partial charge in [-0.1, -0.05) is 0 Å². The molecule has 2 N–H and O–H groups in total. The predicted molar refractivity (Wildman–Crippen MR) is 98.3 cm³/mol. The van der Waals surface area contributed by atoms with Gasteiger partial charge >= 0.3 is 6.03 Å². The van der Waals surface area contributed by atoms with E-state index in [1.807, 2.05) is 39.7 Å². The van der Waals surface area contributed by atoms with Crippen LogP contribution in [0.25, 0.3) is 0 Å². The Hall–Kier alpha value is -2.68.